The zero-order valence-electron chi connectivity index (χ0n) is 24.3. The molecule has 4 N–H and O–H groups in total. The molecule has 0 bridgehead atoms. The summed E-state index contributed by atoms with van der Waals surface area (Å²) in [5, 5.41) is 6.24. The number of carbonyl (C=O) groups is 1. The van der Waals surface area contributed by atoms with Crippen LogP contribution in [-0.4, -0.2) is 37.3 Å². The van der Waals surface area contributed by atoms with Crippen LogP contribution in [0, 0.1) is 5.82 Å². The number of anilines is 2. The number of nitrogens with one attached hydrogen (secondary N) is 2. The van der Waals surface area contributed by atoms with Crippen LogP contribution < -0.4 is 25.8 Å². The molecule has 5 rings (SSSR count). The summed E-state index contributed by atoms with van der Waals surface area (Å²) >= 11 is 0. The highest BCUT2D eigenvalue weighted by molar-refractivity contribution is 7.92. The zero-order chi connectivity index (χ0) is 30.7. The molecule has 0 saturated heterocycles. The van der Waals surface area contributed by atoms with Gasteiger partial charge < -0.3 is 25.8 Å². The number of benzene rings is 3. The molecule has 1 heterocycles. The van der Waals surface area contributed by atoms with E-state index in [1.807, 2.05) is 20.8 Å². The Balaban J connectivity index is 1.50. The van der Waals surface area contributed by atoms with Gasteiger partial charge in [0.15, 0.2) is 27.2 Å². The minimum Gasteiger partial charge on any atom is -0.490 e. The van der Waals surface area contributed by atoms with Gasteiger partial charge in [0.1, 0.15) is 11.9 Å². The summed E-state index contributed by atoms with van der Waals surface area (Å²) in [5.41, 5.74) is 6.99. The predicted molar refractivity (Wildman–Crippen MR) is 164 cm³/mol. The van der Waals surface area contributed by atoms with E-state index in [1.165, 1.54) is 18.3 Å². The van der Waals surface area contributed by atoms with Crippen LogP contribution in [0.1, 0.15) is 50.8 Å². The van der Waals surface area contributed by atoms with Crippen LogP contribution in [0.25, 0.3) is 10.8 Å². The Labute approximate surface area is 250 Å². The number of hydrogen-bond donors (Lipinski definition) is 3. The monoisotopic (exact) mass is 606 g/mol. The zero-order valence-corrected chi connectivity index (χ0v) is 25.1. The van der Waals surface area contributed by atoms with Gasteiger partial charge in [0, 0.05) is 23.5 Å². The predicted octanol–water partition coefficient (Wildman–Crippen LogP) is 5.55. The standard InChI is InChI=1S/C32H35FN4O5S/c1-4-41-27-17-20(9-14-26(27)42-19(2)3)30(37-25-13-12-24-23(29(25)33)15-16-35-31(24)34)32(38)36-18-21-7-5-6-8-28(21)43(39,40)22-10-11-22/h5-9,12-17,19,22,30,37H,4,10-11,18H2,1-3H3,(H2,34,35)(H,36,38). The number of carbonyl (C=O) groups excluding carboxylic acids is 1. The fourth-order valence-electron chi connectivity index (χ4n) is 4.90. The third-order valence-electron chi connectivity index (χ3n) is 7.13. The summed E-state index contributed by atoms with van der Waals surface area (Å²) < 4.78 is 53.5. The first-order valence-corrected chi connectivity index (χ1v) is 15.8. The lowest BCUT2D eigenvalue weighted by atomic mass is 10.0. The number of nitrogens with zero attached hydrogens (tertiary/aromatic N) is 1. The van der Waals surface area contributed by atoms with Crippen LogP contribution in [-0.2, 0) is 21.2 Å². The van der Waals surface area contributed by atoms with Crippen molar-refractivity contribution >= 4 is 38.0 Å². The Bertz CT molecular complexity index is 1760. The summed E-state index contributed by atoms with van der Waals surface area (Å²) in [6, 6.07) is 15.4. The van der Waals surface area contributed by atoms with Crippen LogP contribution in [0.5, 0.6) is 11.5 Å². The summed E-state index contributed by atoms with van der Waals surface area (Å²) in [6.07, 6.45) is 2.58. The molecule has 1 atom stereocenters. The number of fused-ring (bicyclic) bond motifs is 1. The number of halogens is 1. The maximum Gasteiger partial charge on any atom is 0.247 e. The van der Waals surface area contributed by atoms with Gasteiger partial charge in [-0.05, 0) is 81.1 Å². The van der Waals surface area contributed by atoms with Gasteiger partial charge >= 0.3 is 0 Å². The van der Waals surface area contributed by atoms with E-state index in [1.54, 1.807) is 48.5 Å². The third-order valence-corrected chi connectivity index (χ3v) is 9.49. The van der Waals surface area contributed by atoms with Crippen molar-refractivity contribution in [2.24, 2.45) is 0 Å². The molecule has 1 amide bonds. The molecule has 11 heteroatoms. The van der Waals surface area contributed by atoms with Gasteiger partial charge in [-0.2, -0.15) is 0 Å². The Morgan fingerprint density at radius 3 is 2.56 bits per heavy atom. The van der Waals surface area contributed by atoms with E-state index in [-0.39, 0.29) is 39.7 Å². The van der Waals surface area contributed by atoms with Gasteiger partial charge in [-0.1, -0.05) is 24.3 Å². The van der Waals surface area contributed by atoms with Crippen molar-refractivity contribution in [2.45, 2.75) is 62.4 Å². The molecule has 1 aromatic heterocycles. The van der Waals surface area contributed by atoms with Crippen LogP contribution in [0.2, 0.25) is 0 Å². The summed E-state index contributed by atoms with van der Waals surface area (Å²) in [4.78, 5) is 18.1. The molecule has 1 aliphatic rings. The molecule has 43 heavy (non-hydrogen) atoms. The molecular formula is C32H35FN4O5S. The van der Waals surface area contributed by atoms with Crippen molar-refractivity contribution in [1.29, 1.82) is 0 Å². The molecule has 0 radical (unpaired) electrons. The Kier molecular flexibility index (Phi) is 8.72. The molecule has 4 aromatic rings. The largest absolute Gasteiger partial charge is 0.490 e. The van der Waals surface area contributed by atoms with Crippen molar-refractivity contribution in [3.05, 3.63) is 83.8 Å². The van der Waals surface area contributed by atoms with Crippen molar-refractivity contribution in [3.63, 3.8) is 0 Å². The SMILES string of the molecule is CCOc1cc(C(Nc2ccc3c(N)nccc3c2F)C(=O)NCc2ccccc2S(=O)(=O)C2CC2)ccc1OC(C)C. The maximum absolute atomic E-state index is 15.7. The number of nitrogen functional groups attached to an aromatic ring is 1. The fourth-order valence-corrected chi connectivity index (χ4v) is 6.79. The Morgan fingerprint density at radius 1 is 1.07 bits per heavy atom. The lowest BCUT2D eigenvalue weighted by Gasteiger charge is -2.23. The number of sulfone groups is 1. The second kappa shape index (κ2) is 12.5. The van der Waals surface area contributed by atoms with Gasteiger partial charge in [0.2, 0.25) is 5.91 Å². The van der Waals surface area contributed by atoms with Crippen LogP contribution in [0.4, 0.5) is 15.9 Å². The molecule has 9 nitrogen and oxygen atoms in total. The fraction of sp³-hybridized carbons (Fsp3) is 0.312. The second-order valence-electron chi connectivity index (χ2n) is 10.7. The van der Waals surface area contributed by atoms with Gasteiger partial charge in [-0.3, -0.25) is 4.79 Å². The topological polar surface area (TPSA) is 133 Å². The highest BCUT2D eigenvalue weighted by Gasteiger charge is 2.38. The normalized spacial score (nSPS) is 14.0. The number of ether oxygens (including phenoxy) is 2. The number of aromatic nitrogens is 1. The Morgan fingerprint density at radius 2 is 1.84 bits per heavy atom. The van der Waals surface area contributed by atoms with Gasteiger partial charge in [-0.15, -0.1) is 0 Å². The van der Waals surface area contributed by atoms with Crippen LogP contribution >= 0.6 is 0 Å². The summed E-state index contributed by atoms with van der Waals surface area (Å²) in [5.74, 6) is 0.0624. The minimum atomic E-state index is -3.48. The average Bonchev–Trinajstić information content (AvgIpc) is 3.84. The molecule has 1 unspecified atom stereocenters. The van der Waals surface area contributed by atoms with E-state index in [0.717, 1.165) is 0 Å². The van der Waals surface area contributed by atoms with E-state index in [0.29, 0.717) is 47.5 Å². The van der Waals surface area contributed by atoms with Crippen molar-refractivity contribution < 1.29 is 27.1 Å². The van der Waals surface area contributed by atoms with Gasteiger partial charge in [-0.25, -0.2) is 17.8 Å². The number of hydrogen-bond acceptors (Lipinski definition) is 8. The van der Waals surface area contributed by atoms with Crippen LogP contribution in [0.3, 0.4) is 0 Å². The van der Waals surface area contributed by atoms with Crippen molar-refractivity contribution in [2.75, 3.05) is 17.7 Å². The van der Waals surface area contributed by atoms with E-state index in [4.69, 9.17) is 15.2 Å². The lowest BCUT2D eigenvalue weighted by Crippen LogP contribution is -2.34. The molecule has 0 aliphatic heterocycles. The minimum absolute atomic E-state index is 0.0333. The van der Waals surface area contributed by atoms with Crippen molar-refractivity contribution in [3.8, 4) is 11.5 Å². The number of amides is 1. The molecule has 1 fully saturated rings. The molecule has 1 saturated carbocycles. The second-order valence-corrected chi connectivity index (χ2v) is 12.9. The molecular weight excluding hydrogens is 571 g/mol. The first-order valence-electron chi connectivity index (χ1n) is 14.2. The van der Waals surface area contributed by atoms with Crippen molar-refractivity contribution in [1.82, 2.24) is 10.3 Å². The molecule has 226 valence electrons. The molecule has 0 spiro atoms. The maximum atomic E-state index is 15.7. The number of nitrogens with two attached hydrogens (primary N) is 1. The highest BCUT2D eigenvalue weighted by Crippen LogP contribution is 2.36. The average molecular weight is 607 g/mol. The molecule has 3 aromatic carbocycles. The number of pyridine rings is 1. The lowest BCUT2D eigenvalue weighted by molar-refractivity contribution is -0.122. The first kappa shape index (κ1) is 30.1. The summed E-state index contributed by atoms with van der Waals surface area (Å²) in [7, 11) is -3.48. The smallest absolute Gasteiger partial charge is 0.247 e. The third kappa shape index (κ3) is 6.51. The van der Waals surface area contributed by atoms with Gasteiger partial charge in [0.25, 0.3) is 0 Å². The van der Waals surface area contributed by atoms with E-state index in [2.05, 4.69) is 15.6 Å². The Hall–Kier alpha value is -4.38. The van der Waals surface area contributed by atoms with Crippen LogP contribution in [0.15, 0.2) is 71.8 Å². The van der Waals surface area contributed by atoms with E-state index < -0.39 is 27.6 Å². The quantitative estimate of drug-likeness (QED) is 0.191. The number of rotatable bonds is 12. The van der Waals surface area contributed by atoms with Gasteiger partial charge in [0.05, 0.1) is 28.5 Å². The first-order chi connectivity index (χ1) is 20.6. The molecule has 1 aliphatic carbocycles. The highest BCUT2D eigenvalue weighted by atomic mass is 32.2. The van der Waals surface area contributed by atoms with E-state index in [9.17, 15) is 13.2 Å². The van der Waals surface area contributed by atoms with E-state index >= 15 is 4.39 Å². The summed E-state index contributed by atoms with van der Waals surface area (Å²) in [6.45, 7) is 5.96.